The standard InChI is InChI=1S/C12H15IN/c1-2-4-9(5-3-1)13-10-6-11-8-12(7-10)14-11/h1-5,10-12,14H,6-8H2/q-1. The molecule has 1 nitrogen and oxygen atoms in total. The van der Waals surface area contributed by atoms with Gasteiger partial charge in [0.25, 0.3) is 0 Å². The normalized spacial score (nSPS) is 35.3. The Morgan fingerprint density at radius 1 is 1.00 bits per heavy atom. The minimum atomic E-state index is 0.269. The monoisotopic (exact) mass is 300 g/mol. The van der Waals surface area contributed by atoms with Crippen molar-refractivity contribution in [3.63, 3.8) is 0 Å². The molecule has 0 amide bonds. The molecule has 1 aromatic carbocycles. The van der Waals surface area contributed by atoms with Gasteiger partial charge >= 0.3 is 95.7 Å². The van der Waals surface area contributed by atoms with Gasteiger partial charge in [0.05, 0.1) is 0 Å². The number of nitrogens with one attached hydrogen (secondary N) is 1. The molecule has 1 aliphatic carbocycles. The number of rotatable bonds is 2. The molecule has 14 heavy (non-hydrogen) atoms. The predicted molar refractivity (Wildman–Crippen MR) is 53.5 cm³/mol. The average molecular weight is 300 g/mol. The van der Waals surface area contributed by atoms with Gasteiger partial charge in [-0.3, -0.25) is 0 Å². The molecule has 2 bridgehead atoms. The second kappa shape index (κ2) is 3.81. The molecule has 0 spiro atoms. The third-order valence-corrected chi connectivity index (χ3v) is 6.47. The zero-order valence-corrected chi connectivity index (χ0v) is 10.3. The molecule has 2 unspecified atom stereocenters. The van der Waals surface area contributed by atoms with E-state index in [2.05, 4.69) is 35.6 Å². The van der Waals surface area contributed by atoms with E-state index in [1.54, 1.807) is 3.57 Å². The van der Waals surface area contributed by atoms with E-state index in [1.165, 1.54) is 19.3 Å². The number of piperidine rings is 1. The Labute approximate surface area is 95.5 Å². The van der Waals surface area contributed by atoms with Crippen molar-refractivity contribution < 1.29 is 21.2 Å². The molecule has 1 aromatic rings. The van der Waals surface area contributed by atoms with E-state index in [0.717, 1.165) is 16.0 Å². The van der Waals surface area contributed by atoms with Crippen LogP contribution in [-0.4, -0.2) is 16.0 Å². The molecule has 3 aliphatic rings. The summed E-state index contributed by atoms with van der Waals surface area (Å²) >= 11 is 0.269. The van der Waals surface area contributed by atoms with Crippen LogP contribution in [0.3, 0.4) is 0 Å². The van der Waals surface area contributed by atoms with E-state index in [9.17, 15) is 0 Å². The summed E-state index contributed by atoms with van der Waals surface area (Å²) in [6.07, 6.45) is 4.34. The molecule has 2 atom stereocenters. The van der Waals surface area contributed by atoms with Crippen molar-refractivity contribution in [2.75, 3.05) is 0 Å². The van der Waals surface area contributed by atoms with E-state index in [-0.39, 0.29) is 21.2 Å². The molecule has 0 radical (unpaired) electrons. The summed E-state index contributed by atoms with van der Waals surface area (Å²) in [6, 6.07) is 12.8. The van der Waals surface area contributed by atoms with Gasteiger partial charge in [0.1, 0.15) is 0 Å². The van der Waals surface area contributed by atoms with Crippen LogP contribution in [0.5, 0.6) is 0 Å². The van der Waals surface area contributed by atoms with Gasteiger partial charge in [-0.1, -0.05) is 0 Å². The third kappa shape index (κ3) is 1.82. The molecule has 1 saturated carbocycles. The van der Waals surface area contributed by atoms with E-state index in [0.29, 0.717) is 0 Å². The van der Waals surface area contributed by atoms with E-state index >= 15 is 0 Å². The fourth-order valence-electron chi connectivity index (χ4n) is 2.45. The Balaban J connectivity index is 1.63. The zero-order valence-electron chi connectivity index (χ0n) is 8.12. The average Bonchev–Trinajstić information content (AvgIpc) is 2.18. The van der Waals surface area contributed by atoms with Crippen molar-refractivity contribution >= 4 is 0 Å². The fraction of sp³-hybridized carbons (Fsp3) is 0.500. The maximum atomic E-state index is 3.61. The Bertz CT molecular complexity index is 295. The van der Waals surface area contributed by atoms with Crippen LogP contribution in [0.4, 0.5) is 0 Å². The molecule has 2 heteroatoms. The Kier molecular flexibility index (Phi) is 2.50. The van der Waals surface area contributed by atoms with E-state index in [1.807, 2.05) is 0 Å². The maximum absolute atomic E-state index is 3.61. The van der Waals surface area contributed by atoms with Gasteiger partial charge < -0.3 is 0 Å². The van der Waals surface area contributed by atoms with Gasteiger partial charge in [-0.2, -0.15) is 0 Å². The third-order valence-electron chi connectivity index (χ3n) is 3.13. The van der Waals surface area contributed by atoms with Crippen LogP contribution in [-0.2, 0) is 0 Å². The van der Waals surface area contributed by atoms with Gasteiger partial charge in [-0.15, -0.1) is 0 Å². The van der Waals surface area contributed by atoms with Gasteiger partial charge in [-0.05, 0) is 0 Å². The van der Waals surface area contributed by atoms with Crippen molar-refractivity contribution in [1.29, 1.82) is 0 Å². The van der Waals surface area contributed by atoms with E-state index < -0.39 is 0 Å². The van der Waals surface area contributed by atoms with Crippen LogP contribution in [0.25, 0.3) is 0 Å². The van der Waals surface area contributed by atoms with Gasteiger partial charge in [-0.25, -0.2) is 0 Å². The summed E-state index contributed by atoms with van der Waals surface area (Å²) in [6.45, 7) is 0. The fourth-order valence-corrected chi connectivity index (χ4v) is 6.03. The first-order valence-corrected chi connectivity index (χ1v) is 7.67. The Hall–Kier alpha value is -0.0900. The van der Waals surface area contributed by atoms with Crippen molar-refractivity contribution in [2.24, 2.45) is 0 Å². The Morgan fingerprint density at radius 3 is 2.29 bits per heavy atom. The molecule has 2 aliphatic heterocycles. The van der Waals surface area contributed by atoms with Crippen LogP contribution >= 0.6 is 0 Å². The molecule has 3 fully saturated rings. The molecule has 2 heterocycles. The van der Waals surface area contributed by atoms with Crippen LogP contribution in [0.1, 0.15) is 19.3 Å². The topological polar surface area (TPSA) is 12.0 Å². The Morgan fingerprint density at radius 2 is 1.64 bits per heavy atom. The van der Waals surface area contributed by atoms with Gasteiger partial charge in [0.2, 0.25) is 0 Å². The quantitative estimate of drug-likeness (QED) is 0.537. The van der Waals surface area contributed by atoms with Crippen LogP contribution in [0.15, 0.2) is 30.3 Å². The summed E-state index contributed by atoms with van der Waals surface area (Å²) in [5.41, 5.74) is 0. The summed E-state index contributed by atoms with van der Waals surface area (Å²) in [7, 11) is 0. The number of alkyl halides is 1. The summed E-state index contributed by atoms with van der Waals surface area (Å²) < 4.78 is 2.67. The molecule has 2 saturated heterocycles. The van der Waals surface area contributed by atoms with E-state index in [4.69, 9.17) is 0 Å². The number of fused-ring (bicyclic) bond motifs is 2. The predicted octanol–water partition coefficient (Wildman–Crippen LogP) is -1.16. The van der Waals surface area contributed by atoms with Crippen LogP contribution < -0.4 is 26.5 Å². The van der Waals surface area contributed by atoms with Crippen molar-refractivity contribution in [1.82, 2.24) is 5.32 Å². The first-order valence-electron chi connectivity index (χ1n) is 5.34. The molecule has 0 aromatic heterocycles. The molecular formula is C12H15IN-. The first kappa shape index (κ1) is 9.16. The number of benzene rings is 1. The van der Waals surface area contributed by atoms with Crippen molar-refractivity contribution in [2.45, 2.75) is 35.3 Å². The summed E-state index contributed by atoms with van der Waals surface area (Å²) in [5.74, 6) is 0. The van der Waals surface area contributed by atoms with Crippen molar-refractivity contribution in [3.05, 3.63) is 33.9 Å². The van der Waals surface area contributed by atoms with Crippen LogP contribution in [0.2, 0.25) is 0 Å². The molecule has 1 N–H and O–H groups in total. The number of hydrogen-bond acceptors (Lipinski definition) is 1. The zero-order chi connectivity index (χ0) is 9.38. The molecular weight excluding hydrogens is 285 g/mol. The van der Waals surface area contributed by atoms with Crippen LogP contribution in [0, 0.1) is 3.57 Å². The molecule has 76 valence electrons. The number of hydrogen-bond donors (Lipinski definition) is 1. The van der Waals surface area contributed by atoms with Crippen molar-refractivity contribution in [3.8, 4) is 0 Å². The van der Waals surface area contributed by atoms with Gasteiger partial charge in [0.15, 0.2) is 0 Å². The second-order valence-corrected chi connectivity index (χ2v) is 7.90. The first-order chi connectivity index (χ1) is 6.90. The second-order valence-electron chi connectivity index (χ2n) is 4.27. The molecule has 4 rings (SSSR count). The number of halogens is 1. The SMILES string of the molecule is c1ccc([I-]C2CC3CC(C2)N3)cc1. The summed E-state index contributed by atoms with van der Waals surface area (Å²) in [4.78, 5) is 0. The minimum absolute atomic E-state index is 0.269. The van der Waals surface area contributed by atoms with Gasteiger partial charge in [0, 0.05) is 0 Å². The summed E-state index contributed by atoms with van der Waals surface area (Å²) in [5, 5.41) is 3.61.